The molecule has 0 radical (unpaired) electrons. The Kier molecular flexibility index (Phi) is 1.65. The van der Waals surface area contributed by atoms with Crippen molar-refractivity contribution in [1.82, 2.24) is 9.97 Å². The van der Waals surface area contributed by atoms with E-state index in [1.165, 1.54) is 0 Å². The number of nitrogens with zero attached hydrogens (tertiary/aromatic N) is 2. The van der Waals surface area contributed by atoms with Crippen molar-refractivity contribution in [3.8, 4) is 11.4 Å². The van der Waals surface area contributed by atoms with E-state index in [1.54, 1.807) is 23.7 Å². The Bertz CT molecular complexity index is 315. The first-order chi connectivity index (χ1) is 5.47. The fourth-order valence-electron chi connectivity index (χ4n) is 0.840. The van der Waals surface area contributed by atoms with Crippen LogP contribution in [0.25, 0.3) is 11.4 Å². The maximum Gasteiger partial charge on any atom is 0.159 e. The maximum atomic E-state index is 4.12. The van der Waals surface area contributed by atoms with E-state index in [1.807, 2.05) is 22.9 Å². The first-order valence-electron chi connectivity index (χ1n) is 3.26. The molecule has 2 aromatic heterocycles. The molecule has 2 rings (SSSR count). The first-order valence-corrected chi connectivity index (χ1v) is 4.21. The molecule has 0 spiro atoms. The molecular formula is C8H6N2S. The smallest absolute Gasteiger partial charge is 0.159 e. The standard InChI is InChI=1S/C8H6N2S/c1-3-9-8(10-4-1)7-2-5-11-6-7/h1-6H. The number of rotatable bonds is 1. The average Bonchev–Trinajstić information content (AvgIpc) is 2.58. The van der Waals surface area contributed by atoms with Crippen molar-refractivity contribution in [2.75, 3.05) is 0 Å². The van der Waals surface area contributed by atoms with Gasteiger partial charge in [-0.2, -0.15) is 11.3 Å². The first kappa shape index (κ1) is 6.49. The summed E-state index contributed by atoms with van der Waals surface area (Å²) in [6.07, 6.45) is 3.50. The Morgan fingerprint density at radius 1 is 1.18 bits per heavy atom. The van der Waals surface area contributed by atoms with Gasteiger partial charge in [0, 0.05) is 23.3 Å². The normalized spacial score (nSPS) is 9.82. The molecule has 0 bridgehead atoms. The molecule has 3 heteroatoms. The molecule has 0 aliphatic carbocycles. The third-order valence-corrected chi connectivity index (χ3v) is 2.03. The Morgan fingerprint density at radius 2 is 2.00 bits per heavy atom. The predicted molar refractivity (Wildman–Crippen MR) is 45.3 cm³/mol. The summed E-state index contributed by atoms with van der Waals surface area (Å²) < 4.78 is 0. The summed E-state index contributed by atoms with van der Waals surface area (Å²) in [5.41, 5.74) is 1.09. The summed E-state index contributed by atoms with van der Waals surface area (Å²) in [4.78, 5) is 8.23. The lowest BCUT2D eigenvalue weighted by Gasteiger charge is -1.91. The van der Waals surface area contributed by atoms with Crippen LogP contribution in [-0.2, 0) is 0 Å². The number of hydrogen-bond acceptors (Lipinski definition) is 3. The molecule has 0 atom stereocenters. The lowest BCUT2D eigenvalue weighted by molar-refractivity contribution is 1.18. The fourth-order valence-corrected chi connectivity index (χ4v) is 1.47. The van der Waals surface area contributed by atoms with Crippen LogP contribution in [0.3, 0.4) is 0 Å². The van der Waals surface area contributed by atoms with Gasteiger partial charge >= 0.3 is 0 Å². The quantitative estimate of drug-likeness (QED) is 0.642. The van der Waals surface area contributed by atoms with Gasteiger partial charge in [0.05, 0.1) is 0 Å². The topological polar surface area (TPSA) is 25.8 Å². The largest absolute Gasteiger partial charge is 0.237 e. The average molecular weight is 162 g/mol. The summed E-state index contributed by atoms with van der Waals surface area (Å²) in [6.45, 7) is 0. The molecule has 11 heavy (non-hydrogen) atoms. The lowest BCUT2D eigenvalue weighted by atomic mass is 10.3. The van der Waals surface area contributed by atoms with Gasteiger partial charge in [0.2, 0.25) is 0 Å². The molecule has 2 aromatic rings. The number of aromatic nitrogens is 2. The highest BCUT2D eigenvalue weighted by atomic mass is 32.1. The van der Waals surface area contributed by atoms with Crippen LogP contribution in [0.15, 0.2) is 35.3 Å². The highest BCUT2D eigenvalue weighted by Crippen LogP contribution is 2.16. The minimum absolute atomic E-state index is 0.800. The van der Waals surface area contributed by atoms with E-state index in [0.717, 1.165) is 11.4 Å². The van der Waals surface area contributed by atoms with Crippen molar-refractivity contribution in [3.05, 3.63) is 35.3 Å². The second kappa shape index (κ2) is 2.80. The zero-order chi connectivity index (χ0) is 7.52. The van der Waals surface area contributed by atoms with E-state index in [2.05, 4.69) is 9.97 Å². The summed E-state index contributed by atoms with van der Waals surface area (Å²) in [5, 5.41) is 4.06. The van der Waals surface area contributed by atoms with Crippen LogP contribution in [0.2, 0.25) is 0 Å². The molecule has 0 saturated heterocycles. The van der Waals surface area contributed by atoms with Crippen molar-refractivity contribution >= 4 is 11.3 Å². The number of thiophene rings is 1. The fraction of sp³-hybridized carbons (Fsp3) is 0. The van der Waals surface area contributed by atoms with Crippen molar-refractivity contribution in [2.24, 2.45) is 0 Å². The van der Waals surface area contributed by atoms with E-state index < -0.39 is 0 Å². The van der Waals surface area contributed by atoms with Gasteiger partial charge in [-0.05, 0) is 17.5 Å². The van der Waals surface area contributed by atoms with Crippen LogP contribution in [0.1, 0.15) is 0 Å². The second-order valence-corrected chi connectivity index (χ2v) is 2.86. The molecule has 0 unspecified atom stereocenters. The molecule has 0 saturated carbocycles. The minimum Gasteiger partial charge on any atom is -0.237 e. The number of hydrogen-bond donors (Lipinski definition) is 0. The van der Waals surface area contributed by atoms with E-state index in [-0.39, 0.29) is 0 Å². The van der Waals surface area contributed by atoms with E-state index in [0.29, 0.717) is 0 Å². The van der Waals surface area contributed by atoms with Crippen LogP contribution in [0.4, 0.5) is 0 Å². The maximum absolute atomic E-state index is 4.12. The third-order valence-electron chi connectivity index (χ3n) is 1.35. The molecule has 0 aliphatic heterocycles. The van der Waals surface area contributed by atoms with E-state index in [9.17, 15) is 0 Å². The highest BCUT2D eigenvalue weighted by molar-refractivity contribution is 7.08. The third kappa shape index (κ3) is 1.28. The Labute approximate surface area is 68.6 Å². The van der Waals surface area contributed by atoms with Crippen LogP contribution < -0.4 is 0 Å². The second-order valence-electron chi connectivity index (χ2n) is 2.08. The van der Waals surface area contributed by atoms with Crippen LogP contribution in [0, 0.1) is 0 Å². The van der Waals surface area contributed by atoms with E-state index in [4.69, 9.17) is 0 Å². The Hall–Kier alpha value is -1.22. The van der Waals surface area contributed by atoms with Crippen LogP contribution in [-0.4, -0.2) is 9.97 Å². The van der Waals surface area contributed by atoms with Crippen molar-refractivity contribution in [3.63, 3.8) is 0 Å². The zero-order valence-corrected chi connectivity index (χ0v) is 6.58. The molecule has 0 N–H and O–H groups in total. The van der Waals surface area contributed by atoms with Gasteiger partial charge < -0.3 is 0 Å². The van der Waals surface area contributed by atoms with Gasteiger partial charge in [-0.1, -0.05) is 0 Å². The van der Waals surface area contributed by atoms with Gasteiger partial charge in [0.1, 0.15) is 0 Å². The molecular weight excluding hydrogens is 156 g/mol. The summed E-state index contributed by atoms with van der Waals surface area (Å²) in [5.74, 6) is 0.800. The molecule has 2 nitrogen and oxygen atoms in total. The van der Waals surface area contributed by atoms with Gasteiger partial charge in [-0.15, -0.1) is 0 Å². The molecule has 0 fully saturated rings. The van der Waals surface area contributed by atoms with Gasteiger partial charge in [0.25, 0.3) is 0 Å². The predicted octanol–water partition coefficient (Wildman–Crippen LogP) is 2.21. The van der Waals surface area contributed by atoms with E-state index >= 15 is 0 Å². The van der Waals surface area contributed by atoms with Crippen molar-refractivity contribution in [2.45, 2.75) is 0 Å². The summed E-state index contributed by atoms with van der Waals surface area (Å²) in [6, 6.07) is 3.83. The lowest BCUT2D eigenvalue weighted by Crippen LogP contribution is -1.82. The molecule has 2 heterocycles. The summed E-state index contributed by atoms with van der Waals surface area (Å²) >= 11 is 1.65. The highest BCUT2D eigenvalue weighted by Gasteiger charge is 1.97. The molecule has 0 aromatic carbocycles. The summed E-state index contributed by atoms with van der Waals surface area (Å²) in [7, 11) is 0. The Morgan fingerprint density at radius 3 is 2.64 bits per heavy atom. The Balaban J connectivity index is 2.46. The SMILES string of the molecule is c1cnc(-c2ccsc2)nc1. The van der Waals surface area contributed by atoms with Gasteiger partial charge in [0.15, 0.2) is 5.82 Å². The van der Waals surface area contributed by atoms with Crippen LogP contribution in [0.5, 0.6) is 0 Å². The van der Waals surface area contributed by atoms with Gasteiger partial charge in [-0.25, -0.2) is 9.97 Å². The molecule has 0 aliphatic rings. The van der Waals surface area contributed by atoms with Crippen LogP contribution >= 0.6 is 11.3 Å². The molecule has 0 amide bonds. The zero-order valence-electron chi connectivity index (χ0n) is 5.77. The van der Waals surface area contributed by atoms with Crippen molar-refractivity contribution < 1.29 is 0 Å². The van der Waals surface area contributed by atoms with Crippen molar-refractivity contribution in [1.29, 1.82) is 0 Å². The minimum atomic E-state index is 0.800. The van der Waals surface area contributed by atoms with Gasteiger partial charge in [-0.3, -0.25) is 0 Å². The molecule has 54 valence electrons. The monoisotopic (exact) mass is 162 g/mol.